The van der Waals surface area contributed by atoms with Gasteiger partial charge in [0.05, 0.1) is 33.5 Å². The van der Waals surface area contributed by atoms with Crippen LogP contribution in [-0.4, -0.2) is 49.0 Å². The molecule has 0 aliphatic heterocycles. The fourth-order valence-electron chi connectivity index (χ4n) is 17.8. The van der Waals surface area contributed by atoms with E-state index in [0.717, 1.165) is 116 Å². The third-order valence-corrected chi connectivity index (χ3v) is 25.7. The molecular formula is C112H70N10S2. The van der Waals surface area contributed by atoms with E-state index in [1.165, 1.54) is 79.3 Å². The Morgan fingerprint density at radius 2 is 0.524 bits per heavy atom. The highest BCUT2D eigenvalue weighted by Gasteiger charge is 2.27. The zero-order valence-corrected chi connectivity index (χ0v) is 68.3. The summed E-state index contributed by atoms with van der Waals surface area (Å²) in [6, 6.07) is 144. The molecule has 24 rings (SSSR count). The molecule has 0 saturated heterocycles. The van der Waals surface area contributed by atoms with Crippen LogP contribution >= 0.6 is 22.7 Å². The second-order valence-corrected chi connectivity index (χ2v) is 32.9. The van der Waals surface area contributed by atoms with E-state index in [-0.39, 0.29) is 0 Å². The summed E-state index contributed by atoms with van der Waals surface area (Å²) < 4.78 is 9.65. The maximum atomic E-state index is 5.42. The Morgan fingerprint density at radius 3 is 0.968 bits per heavy atom. The predicted octanol–water partition coefficient (Wildman–Crippen LogP) is 29.5. The standard InChI is InChI=1S/2C56H35N5S/c1-5-18-36(19-6-1)41-26-13-14-27-42(41)39-34-47(56-59-54(37-20-7-2-8-21-37)58-55(60-56)38-22-9-3-10-23-38)51(57-35-39)46-30-17-29-45-50-49(62-53(45)46)33-32-44-43-28-15-16-31-48(43)61(52(44)50)40-24-11-4-12-25-40;1-5-17-36(18-6-1)42-25-13-14-26-43(42)40-33-47(56-59-54(37-19-7-2-8-20-37)58-55(60-56)38-21-9-3-10-22-38)52(57-35-40)39-29-30-46-50(34-39)62-49-32-31-45-44-27-15-16-28-48(44)61(53(45)51(46)49)41-23-11-4-12-24-41/h2*1-35H. The largest absolute Gasteiger partial charge is 0.309 e. The van der Waals surface area contributed by atoms with Crippen molar-refractivity contribution < 1.29 is 0 Å². The minimum atomic E-state index is 0.559. The molecule has 0 spiro atoms. The Morgan fingerprint density at radius 1 is 0.194 bits per heavy atom. The summed E-state index contributed by atoms with van der Waals surface area (Å²) in [5.41, 5.74) is 24.7. The number of pyridine rings is 2. The molecule has 24 aromatic rings. The smallest absolute Gasteiger partial charge is 0.166 e. The van der Waals surface area contributed by atoms with Gasteiger partial charge in [-0.3, -0.25) is 9.97 Å². The third-order valence-electron chi connectivity index (χ3n) is 23.4. The van der Waals surface area contributed by atoms with Crippen LogP contribution in [0.15, 0.2) is 425 Å². The monoisotopic (exact) mass is 1620 g/mol. The van der Waals surface area contributed by atoms with Crippen molar-refractivity contribution in [1.82, 2.24) is 49.0 Å². The Hall–Kier alpha value is -16.1. The van der Waals surface area contributed by atoms with Gasteiger partial charge in [0.2, 0.25) is 0 Å². The molecule has 0 unspecified atom stereocenters. The molecule has 0 saturated carbocycles. The SMILES string of the molecule is c1ccc(-c2nc(-c3ccccc3)nc(-c3cc(-c4ccccc4-c4ccccc4)cnc3-c3ccc4c(c3)sc3ccc5c6ccccc6n(-c6ccccc6)c5c34)n2)cc1.c1ccc(-c2nc(-c3ccccc3)nc(-c3cc(-c4ccccc4-c4ccccc4)cnc3-c3cccc4c3sc3ccc5c6ccccc6n(-c6ccccc6)c5c34)n2)cc1. The van der Waals surface area contributed by atoms with E-state index in [4.69, 9.17) is 39.9 Å². The van der Waals surface area contributed by atoms with Gasteiger partial charge in [-0.15, -0.1) is 22.7 Å². The highest BCUT2D eigenvalue weighted by atomic mass is 32.1. The number of fused-ring (bicyclic) bond motifs is 14. The number of hydrogen-bond donors (Lipinski definition) is 0. The topological polar surface area (TPSA) is 113 Å². The molecule has 0 aliphatic carbocycles. The molecule has 8 heterocycles. The van der Waals surface area contributed by atoms with Crippen molar-refractivity contribution in [3.8, 4) is 147 Å². The molecular weight excluding hydrogens is 1550 g/mol. The minimum absolute atomic E-state index is 0.559. The Labute approximate surface area is 722 Å². The highest BCUT2D eigenvalue weighted by Crippen LogP contribution is 2.50. The van der Waals surface area contributed by atoms with Gasteiger partial charge in [0.15, 0.2) is 34.9 Å². The first kappa shape index (κ1) is 73.1. The second kappa shape index (κ2) is 31.2. The number of benzene rings is 16. The first-order valence-electron chi connectivity index (χ1n) is 41.4. The second-order valence-electron chi connectivity index (χ2n) is 30.8. The first-order valence-corrected chi connectivity index (χ1v) is 43.1. The molecule has 0 atom stereocenters. The van der Waals surface area contributed by atoms with Gasteiger partial charge in [-0.1, -0.05) is 346 Å². The van der Waals surface area contributed by atoms with E-state index in [1.807, 2.05) is 156 Å². The number of rotatable bonds is 14. The van der Waals surface area contributed by atoms with Gasteiger partial charge in [-0.2, -0.15) is 0 Å². The first-order chi connectivity index (χ1) is 61.5. The Balaban J connectivity index is 0.000000143. The van der Waals surface area contributed by atoms with E-state index >= 15 is 0 Å². The lowest BCUT2D eigenvalue weighted by atomic mass is 9.93. The van der Waals surface area contributed by atoms with Crippen LogP contribution < -0.4 is 0 Å². The third kappa shape index (κ3) is 13.0. The van der Waals surface area contributed by atoms with Crippen LogP contribution in [0.1, 0.15) is 0 Å². The lowest BCUT2D eigenvalue weighted by Crippen LogP contribution is -2.02. The molecule has 0 amide bonds. The Bertz CT molecular complexity index is 8090. The summed E-state index contributed by atoms with van der Waals surface area (Å²) in [6.45, 7) is 0. The van der Waals surface area contributed by atoms with Gasteiger partial charge in [0, 0.05) is 141 Å². The zero-order chi connectivity index (χ0) is 82.0. The summed E-state index contributed by atoms with van der Waals surface area (Å²) >= 11 is 3.63. The minimum Gasteiger partial charge on any atom is -0.309 e. The normalized spacial score (nSPS) is 11.5. The van der Waals surface area contributed by atoms with Gasteiger partial charge < -0.3 is 9.13 Å². The molecule has 0 bridgehead atoms. The number of aromatic nitrogens is 10. The molecule has 12 heteroatoms. The average molecular weight is 1620 g/mol. The summed E-state index contributed by atoms with van der Waals surface area (Å²) in [6.07, 6.45) is 4.00. The van der Waals surface area contributed by atoms with Crippen LogP contribution in [0.3, 0.4) is 0 Å². The van der Waals surface area contributed by atoms with Gasteiger partial charge in [-0.05, 0) is 100 Å². The summed E-state index contributed by atoms with van der Waals surface area (Å²) in [7, 11) is 0. The van der Waals surface area contributed by atoms with Gasteiger partial charge in [0.1, 0.15) is 0 Å². The molecule has 0 fully saturated rings. The predicted molar refractivity (Wildman–Crippen MR) is 515 cm³/mol. The number of para-hydroxylation sites is 4. The van der Waals surface area contributed by atoms with Gasteiger partial charge in [0.25, 0.3) is 0 Å². The van der Waals surface area contributed by atoms with Crippen LogP contribution in [0.4, 0.5) is 0 Å². The van der Waals surface area contributed by atoms with Crippen molar-refractivity contribution in [2.45, 2.75) is 0 Å². The molecule has 124 heavy (non-hydrogen) atoms. The van der Waals surface area contributed by atoms with E-state index in [2.05, 4.69) is 300 Å². The molecule has 0 aliphatic rings. The lowest BCUT2D eigenvalue weighted by Gasteiger charge is -2.15. The summed E-state index contributed by atoms with van der Waals surface area (Å²) in [5.74, 6) is 3.54. The van der Waals surface area contributed by atoms with E-state index in [9.17, 15) is 0 Å². The summed E-state index contributed by atoms with van der Waals surface area (Å²) in [5, 5.41) is 9.84. The van der Waals surface area contributed by atoms with E-state index in [1.54, 1.807) is 0 Å². The number of thiophene rings is 2. The van der Waals surface area contributed by atoms with Crippen molar-refractivity contribution >= 4 is 107 Å². The average Bonchev–Trinajstić information content (AvgIpc) is 1.60. The molecule has 0 radical (unpaired) electrons. The quantitative estimate of drug-likeness (QED) is 0.106. The Kier molecular flexibility index (Phi) is 18.4. The molecule has 10 nitrogen and oxygen atoms in total. The molecule has 8 aromatic heterocycles. The highest BCUT2D eigenvalue weighted by molar-refractivity contribution is 7.26. The zero-order valence-electron chi connectivity index (χ0n) is 66.7. The van der Waals surface area contributed by atoms with Crippen molar-refractivity contribution in [1.29, 1.82) is 0 Å². The number of hydrogen-bond acceptors (Lipinski definition) is 10. The number of nitrogens with zero attached hydrogens (tertiary/aromatic N) is 10. The van der Waals surface area contributed by atoms with Gasteiger partial charge >= 0.3 is 0 Å². The molecule has 0 N–H and O–H groups in total. The maximum absolute atomic E-state index is 5.42. The fraction of sp³-hybridized carbons (Fsp3) is 0. The van der Waals surface area contributed by atoms with Crippen molar-refractivity contribution in [2.24, 2.45) is 0 Å². The van der Waals surface area contributed by atoms with E-state index < -0.39 is 0 Å². The summed E-state index contributed by atoms with van der Waals surface area (Å²) in [4.78, 5) is 41.8. The van der Waals surface area contributed by atoms with Crippen molar-refractivity contribution in [3.63, 3.8) is 0 Å². The van der Waals surface area contributed by atoms with Crippen LogP contribution in [0.5, 0.6) is 0 Å². The van der Waals surface area contributed by atoms with E-state index in [0.29, 0.717) is 34.9 Å². The van der Waals surface area contributed by atoms with Crippen LogP contribution in [0, 0.1) is 0 Å². The van der Waals surface area contributed by atoms with Gasteiger partial charge in [-0.25, -0.2) is 29.9 Å². The maximum Gasteiger partial charge on any atom is 0.166 e. The fourth-order valence-corrected chi connectivity index (χ4v) is 20.1. The van der Waals surface area contributed by atoms with Crippen molar-refractivity contribution in [2.75, 3.05) is 0 Å². The lowest BCUT2D eigenvalue weighted by molar-refractivity contribution is 1.07. The molecule has 580 valence electrons. The van der Waals surface area contributed by atoms with Crippen LogP contribution in [0.2, 0.25) is 0 Å². The van der Waals surface area contributed by atoms with Crippen LogP contribution in [0.25, 0.3) is 231 Å². The van der Waals surface area contributed by atoms with Crippen molar-refractivity contribution in [3.05, 3.63) is 425 Å². The molecule has 16 aromatic carbocycles. The van der Waals surface area contributed by atoms with Crippen LogP contribution in [-0.2, 0) is 0 Å².